The number of nitrogens with one attached hydrogen (secondary N) is 1. The van der Waals surface area contributed by atoms with Crippen LogP contribution in [0, 0.1) is 11.7 Å². The largest absolute Gasteiger partial charge is 0.370 e. The highest BCUT2D eigenvalue weighted by molar-refractivity contribution is 9.10. The van der Waals surface area contributed by atoms with E-state index in [1.807, 2.05) is 13.0 Å². The number of carbonyl (C=O) groups is 1. The zero-order valence-corrected chi connectivity index (χ0v) is 19.8. The molecule has 1 atom stereocenters. The van der Waals surface area contributed by atoms with E-state index in [1.54, 1.807) is 6.07 Å². The number of nitrogens with zero attached hydrogens (tertiary/aromatic N) is 1. The molecule has 0 aromatic heterocycles. The Morgan fingerprint density at radius 2 is 1.94 bits per heavy atom. The lowest BCUT2D eigenvalue weighted by atomic mass is 9.95. The molecule has 5 N–H and O–H groups in total. The van der Waals surface area contributed by atoms with Crippen molar-refractivity contribution in [3.05, 3.63) is 68.9 Å². The zero-order chi connectivity index (χ0) is 22.8. The van der Waals surface area contributed by atoms with Gasteiger partial charge in [-0.3, -0.25) is 15.1 Å². The van der Waals surface area contributed by atoms with Crippen LogP contribution in [0.5, 0.6) is 0 Å². The molecule has 2 aromatic carbocycles. The van der Waals surface area contributed by atoms with E-state index in [-0.39, 0.29) is 17.4 Å². The van der Waals surface area contributed by atoms with Gasteiger partial charge in [0, 0.05) is 22.1 Å². The van der Waals surface area contributed by atoms with E-state index in [2.05, 4.69) is 45.3 Å². The molecule has 5 nitrogen and oxygen atoms in total. The molecule has 168 valence electrons. The van der Waals surface area contributed by atoms with E-state index in [0.29, 0.717) is 31.5 Å². The van der Waals surface area contributed by atoms with Crippen LogP contribution in [0.25, 0.3) is 0 Å². The van der Waals surface area contributed by atoms with Crippen molar-refractivity contribution >= 4 is 27.8 Å². The normalized spacial score (nSPS) is 12.6. The van der Waals surface area contributed by atoms with Gasteiger partial charge in [-0.25, -0.2) is 4.39 Å². The van der Waals surface area contributed by atoms with E-state index in [1.165, 1.54) is 17.7 Å². The third kappa shape index (κ3) is 7.43. The van der Waals surface area contributed by atoms with E-state index in [4.69, 9.17) is 11.5 Å². The molecule has 2 aromatic rings. The van der Waals surface area contributed by atoms with Gasteiger partial charge in [0.2, 0.25) is 0 Å². The number of nitrogens with two attached hydrogens (primary N) is 2. The molecule has 0 saturated heterocycles. The van der Waals surface area contributed by atoms with Gasteiger partial charge >= 0.3 is 0 Å². The molecule has 0 radical (unpaired) electrons. The van der Waals surface area contributed by atoms with Gasteiger partial charge in [-0.1, -0.05) is 54.8 Å². The van der Waals surface area contributed by atoms with E-state index in [9.17, 15) is 9.18 Å². The van der Waals surface area contributed by atoms with Crippen LogP contribution in [-0.2, 0) is 19.3 Å². The van der Waals surface area contributed by atoms with Crippen molar-refractivity contribution in [2.75, 3.05) is 13.1 Å². The number of hydrogen-bond donors (Lipinski definition) is 3. The van der Waals surface area contributed by atoms with Gasteiger partial charge in [0.15, 0.2) is 5.96 Å². The number of hydrogen-bond acceptors (Lipinski definition) is 3. The minimum atomic E-state index is -0.459. The van der Waals surface area contributed by atoms with Gasteiger partial charge in [0.05, 0.1) is 0 Å². The predicted molar refractivity (Wildman–Crippen MR) is 129 cm³/mol. The van der Waals surface area contributed by atoms with Gasteiger partial charge in [0.25, 0.3) is 5.91 Å². The van der Waals surface area contributed by atoms with E-state index < -0.39 is 11.7 Å². The molecular weight excluding hydrogens is 459 g/mol. The van der Waals surface area contributed by atoms with Crippen molar-refractivity contribution in [3.8, 4) is 0 Å². The van der Waals surface area contributed by atoms with Crippen molar-refractivity contribution in [1.82, 2.24) is 5.32 Å². The highest BCUT2D eigenvalue weighted by Gasteiger charge is 2.17. The first kappa shape index (κ1) is 25.0. The molecule has 0 saturated carbocycles. The Labute approximate surface area is 192 Å². The van der Waals surface area contributed by atoms with Crippen LogP contribution in [0.1, 0.15) is 53.7 Å². The fraction of sp³-hybridized carbons (Fsp3) is 0.417. The van der Waals surface area contributed by atoms with E-state index >= 15 is 0 Å². The maximum Gasteiger partial charge on any atom is 0.258 e. The zero-order valence-electron chi connectivity index (χ0n) is 18.3. The number of aryl methyl sites for hydroxylation is 2. The molecule has 0 aliphatic rings. The molecule has 1 unspecified atom stereocenters. The lowest BCUT2D eigenvalue weighted by molar-refractivity contribution is 0.0975. The van der Waals surface area contributed by atoms with E-state index in [0.717, 1.165) is 29.3 Å². The van der Waals surface area contributed by atoms with Gasteiger partial charge < -0.3 is 11.5 Å². The molecule has 0 aliphatic heterocycles. The minimum absolute atomic E-state index is 0.0179. The third-order valence-electron chi connectivity index (χ3n) is 5.37. The summed E-state index contributed by atoms with van der Waals surface area (Å²) in [4.78, 5) is 17.0. The van der Waals surface area contributed by atoms with Gasteiger partial charge in [-0.15, -0.1) is 0 Å². The number of rotatable bonds is 10. The second-order valence-electron chi connectivity index (χ2n) is 7.62. The lowest BCUT2D eigenvalue weighted by Crippen LogP contribution is -2.38. The van der Waals surface area contributed by atoms with Gasteiger partial charge in [0.1, 0.15) is 5.82 Å². The summed E-state index contributed by atoms with van der Waals surface area (Å²) in [6.07, 6.45) is 3.91. The molecular formula is C24H32BrFN4O. The minimum Gasteiger partial charge on any atom is -0.370 e. The molecule has 1 amide bonds. The van der Waals surface area contributed by atoms with Gasteiger partial charge in [-0.2, -0.15) is 0 Å². The Morgan fingerprint density at radius 1 is 1.16 bits per heavy atom. The van der Waals surface area contributed by atoms with Crippen molar-refractivity contribution in [3.63, 3.8) is 0 Å². The summed E-state index contributed by atoms with van der Waals surface area (Å²) >= 11 is 3.51. The molecule has 0 spiro atoms. The van der Waals surface area contributed by atoms with Crippen LogP contribution in [0.4, 0.5) is 4.39 Å². The Bertz CT molecular complexity index is 912. The van der Waals surface area contributed by atoms with Crippen LogP contribution >= 0.6 is 15.9 Å². The molecule has 2 rings (SSSR count). The number of carbonyl (C=O) groups excluding carboxylic acids is 1. The highest BCUT2D eigenvalue weighted by Crippen LogP contribution is 2.22. The number of aliphatic imine (C=N–C) groups is 1. The van der Waals surface area contributed by atoms with Gasteiger partial charge in [-0.05, 0) is 67.1 Å². The summed E-state index contributed by atoms with van der Waals surface area (Å²) in [6.45, 7) is 5.11. The number of amides is 1. The third-order valence-corrected chi connectivity index (χ3v) is 5.86. The number of benzene rings is 2. The maximum atomic E-state index is 14.7. The quantitative estimate of drug-likeness (QED) is 0.341. The van der Waals surface area contributed by atoms with Crippen LogP contribution in [-0.4, -0.2) is 25.0 Å². The predicted octanol–water partition coefficient (Wildman–Crippen LogP) is 4.36. The van der Waals surface area contributed by atoms with Crippen LogP contribution in [0.3, 0.4) is 0 Å². The first-order valence-corrected chi connectivity index (χ1v) is 11.5. The summed E-state index contributed by atoms with van der Waals surface area (Å²) in [5.74, 6) is -0.629. The topological polar surface area (TPSA) is 93.5 Å². The molecule has 0 heterocycles. The first-order chi connectivity index (χ1) is 14.9. The SMILES string of the molecule is CCCc1ccc(Br)cc1CCc1c(F)cccc1C(=O)NC(N)=NCC(CC)CN. The fourth-order valence-electron chi connectivity index (χ4n) is 3.45. The lowest BCUT2D eigenvalue weighted by Gasteiger charge is -2.14. The number of guanidine groups is 1. The standard InChI is InChI=1S/C24H32BrFN4O/c1-3-6-17-9-11-19(25)13-18(17)10-12-20-21(7-5-8-22(20)26)23(31)30-24(28)29-15-16(4-2)14-27/h5,7-9,11,13,16H,3-4,6,10,12,14-15,27H2,1-2H3,(H3,28,29,30,31). The molecule has 31 heavy (non-hydrogen) atoms. The van der Waals surface area contributed by atoms with Crippen molar-refractivity contribution < 1.29 is 9.18 Å². The maximum absolute atomic E-state index is 14.7. The Balaban J connectivity index is 2.18. The van der Waals surface area contributed by atoms with Crippen molar-refractivity contribution in [2.45, 2.75) is 46.0 Å². The summed E-state index contributed by atoms with van der Waals surface area (Å²) in [6, 6.07) is 10.7. The fourth-order valence-corrected chi connectivity index (χ4v) is 3.86. The van der Waals surface area contributed by atoms with Crippen LogP contribution in [0.2, 0.25) is 0 Å². The second kappa shape index (κ2) is 12.6. The summed E-state index contributed by atoms with van der Waals surface area (Å²) in [7, 11) is 0. The summed E-state index contributed by atoms with van der Waals surface area (Å²) in [5.41, 5.74) is 14.6. The Hall–Kier alpha value is -2.25. The molecule has 0 bridgehead atoms. The smallest absolute Gasteiger partial charge is 0.258 e. The van der Waals surface area contributed by atoms with Crippen LogP contribution in [0.15, 0.2) is 45.9 Å². The monoisotopic (exact) mass is 490 g/mol. The first-order valence-electron chi connectivity index (χ1n) is 10.8. The van der Waals surface area contributed by atoms with Crippen molar-refractivity contribution in [1.29, 1.82) is 0 Å². The molecule has 7 heteroatoms. The number of halogens is 2. The summed E-state index contributed by atoms with van der Waals surface area (Å²) < 4.78 is 15.6. The van der Waals surface area contributed by atoms with Crippen LogP contribution < -0.4 is 16.8 Å². The Morgan fingerprint density at radius 3 is 2.61 bits per heavy atom. The second-order valence-corrected chi connectivity index (χ2v) is 8.53. The molecule has 0 aliphatic carbocycles. The van der Waals surface area contributed by atoms with Crippen molar-refractivity contribution in [2.24, 2.45) is 22.4 Å². The Kier molecular flexibility index (Phi) is 10.1. The average molecular weight is 491 g/mol. The average Bonchev–Trinajstić information content (AvgIpc) is 2.75. The highest BCUT2D eigenvalue weighted by atomic mass is 79.9. The molecule has 0 fully saturated rings. The summed E-state index contributed by atoms with van der Waals surface area (Å²) in [5, 5.41) is 2.58.